The molecule has 1 heterocycles. The molecule has 1 aliphatic rings. The molecule has 2 unspecified atom stereocenters. The van der Waals surface area contributed by atoms with E-state index in [1.165, 1.54) is 0 Å². The molecule has 6 nitrogen and oxygen atoms in total. The van der Waals surface area contributed by atoms with Gasteiger partial charge in [0.1, 0.15) is 5.54 Å². The zero-order valence-electron chi connectivity index (χ0n) is 12.0. The number of nitrogens with one attached hydrogen (secondary N) is 1. The third-order valence-corrected chi connectivity index (χ3v) is 5.23. The first-order chi connectivity index (χ1) is 8.56. The molecule has 1 rings (SSSR count). The van der Waals surface area contributed by atoms with Crippen LogP contribution in [0.2, 0.25) is 0 Å². The molecule has 0 aromatic rings. The standard InChI is InChI=1S/C12H24N2O4S/c1-9(2)13-12(3,11(15)16)8-14(4)10-5-6-19(17,18)7-10/h9-10,13H,5-8H2,1-4H3,(H,15,16). The van der Waals surface area contributed by atoms with Crippen molar-refractivity contribution in [1.82, 2.24) is 10.2 Å². The average Bonchev–Trinajstić information content (AvgIpc) is 2.57. The molecule has 1 fully saturated rings. The minimum absolute atomic E-state index is 0.0433. The van der Waals surface area contributed by atoms with E-state index in [-0.39, 0.29) is 30.1 Å². The summed E-state index contributed by atoms with van der Waals surface area (Å²) in [4.78, 5) is 13.3. The van der Waals surface area contributed by atoms with Gasteiger partial charge in [0.25, 0.3) is 0 Å². The molecule has 19 heavy (non-hydrogen) atoms. The van der Waals surface area contributed by atoms with Gasteiger partial charge in [-0.3, -0.25) is 15.0 Å². The van der Waals surface area contributed by atoms with Crippen LogP contribution in [0.3, 0.4) is 0 Å². The number of nitrogens with zero attached hydrogens (tertiary/aromatic N) is 1. The smallest absolute Gasteiger partial charge is 0.324 e. The molecule has 0 amide bonds. The molecule has 2 atom stereocenters. The van der Waals surface area contributed by atoms with Gasteiger partial charge in [-0.15, -0.1) is 0 Å². The van der Waals surface area contributed by atoms with E-state index in [0.29, 0.717) is 6.42 Å². The van der Waals surface area contributed by atoms with Gasteiger partial charge in [0.2, 0.25) is 0 Å². The van der Waals surface area contributed by atoms with Gasteiger partial charge in [-0.25, -0.2) is 8.42 Å². The van der Waals surface area contributed by atoms with E-state index in [1.54, 1.807) is 14.0 Å². The second-order valence-electron chi connectivity index (χ2n) is 5.91. The van der Waals surface area contributed by atoms with Gasteiger partial charge in [-0.05, 0) is 34.2 Å². The lowest BCUT2D eigenvalue weighted by Gasteiger charge is -2.35. The fourth-order valence-electron chi connectivity index (χ4n) is 2.56. The van der Waals surface area contributed by atoms with Crippen LogP contribution in [-0.2, 0) is 14.6 Å². The van der Waals surface area contributed by atoms with Crippen LogP contribution in [0.1, 0.15) is 27.2 Å². The Kier molecular flexibility index (Phi) is 4.97. The van der Waals surface area contributed by atoms with Crippen molar-refractivity contribution < 1.29 is 18.3 Å². The lowest BCUT2D eigenvalue weighted by Crippen LogP contribution is -2.59. The number of hydrogen-bond donors (Lipinski definition) is 2. The quantitative estimate of drug-likeness (QED) is 0.713. The Labute approximate surface area is 115 Å². The van der Waals surface area contributed by atoms with Crippen molar-refractivity contribution >= 4 is 15.8 Å². The zero-order valence-corrected chi connectivity index (χ0v) is 12.8. The first kappa shape index (κ1) is 16.4. The van der Waals surface area contributed by atoms with Crippen molar-refractivity contribution in [3.8, 4) is 0 Å². The SMILES string of the molecule is CC(C)NC(C)(CN(C)C1CCS(=O)(=O)C1)C(=O)O. The van der Waals surface area contributed by atoms with Gasteiger partial charge in [0.05, 0.1) is 11.5 Å². The Morgan fingerprint density at radius 2 is 2.11 bits per heavy atom. The Bertz CT molecular complexity index is 435. The molecular formula is C12H24N2O4S. The number of hydrogen-bond acceptors (Lipinski definition) is 5. The van der Waals surface area contributed by atoms with E-state index >= 15 is 0 Å². The van der Waals surface area contributed by atoms with Gasteiger partial charge < -0.3 is 5.11 Å². The monoisotopic (exact) mass is 292 g/mol. The summed E-state index contributed by atoms with van der Waals surface area (Å²) in [6.07, 6.45) is 0.580. The molecule has 1 aliphatic heterocycles. The average molecular weight is 292 g/mol. The number of carboxylic acid groups (broad SMARTS) is 1. The number of aliphatic carboxylic acids is 1. The predicted octanol–water partition coefficient (Wildman–Crippen LogP) is -0.0534. The van der Waals surface area contributed by atoms with Crippen molar-refractivity contribution in [2.24, 2.45) is 0 Å². The molecule has 7 heteroatoms. The largest absolute Gasteiger partial charge is 0.480 e. The lowest BCUT2D eigenvalue weighted by atomic mass is 9.99. The molecule has 0 aromatic heterocycles. The van der Waals surface area contributed by atoms with Crippen LogP contribution in [0.4, 0.5) is 0 Å². The lowest BCUT2D eigenvalue weighted by molar-refractivity contribution is -0.145. The van der Waals surface area contributed by atoms with Crippen molar-refractivity contribution in [3.05, 3.63) is 0 Å². The minimum Gasteiger partial charge on any atom is -0.480 e. The van der Waals surface area contributed by atoms with Crippen LogP contribution in [-0.4, -0.2) is 67.1 Å². The summed E-state index contributed by atoms with van der Waals surface area (Å²) in [5.41, 5.74) is -1.07. The highest BCUT2D eigenvalue weighted by atomic mass is 32.2. The summed E-state index contributed by atoms with van der Waals surface area (Å²) in [7, 11) is -1.16. The first-order valence-electron chi connectivity index (χ1n) is 6.47. The van der Waals surface area contributed by atoms with Crippen molar-refractivity contribution in [1.29, 1.82) is 0 Å². The molecule has 0 spiro atoms. The van der Waals surface area contributed by atoms with Crippen molar-refractivity contribution in [2.75, 3.05) is 25.1 Å². The van der Waals surface area contributed by atoms with Crippen molar-refractivity contribution in [3.63, 3.8) is 0 Å². The van der Waals surface area contributed by atoms with Crippen LogP contribution in [0.25, 0.3) is 0 Å². The Morgan fingerprint density at radius 3 is 2.47 bits per heavy atom. The van der Waals surface area contributed by atoms with Gasteiger partial charge in [-0.1, -0.05) is 0 Å². The maximum atomic E-state index is 11.5. The summed E-state index contributed by atoms with van der Waals surface area (Å²) in [6.45, 7) is 5.69. The third kappa shape index (κ3) is 4.43. The fraction of sp³-hybridized carbons (Fsp3) is 0.917. The topological polar surface area (TPSA) is 86.7 Å². The molecule has 0 aromatic carbocycles. The predicted molar refractivity (Wildman–Crippen MR) is 74.0 cm³/mol. The molecule has 0 radical (unpaired) electrons. The molecule has 0 saturated carbocycles. The Balaban J connectivity index is 2.72. The van der Waals surface area contributed by atoms with E-state index in [9.17, 15) is 18.3 Å². The van der Waals surface area contributed by atoms with Crippen LogP contribution in [0, 0.1) is 0 Å². The number of sulfone groups is 1. The van der Waals surface area contributed by atoms with E-state index in [2.05, 4.69) is 5.32 Å². The van der Waals surface area contributed by atoms with Gasteiger partial charge in [-0.2, -0.15) is 0 Å². The first-order valence-corrected chi connectivity index (χ1v) is 8.29. The molecule has 0 bridgehead atoms. The summed E-state index contributed by atoms with van der Waals surface area (Å²) >= 11 is 0. The van der Waals surface area contributed by atoms with Crippen LogP contribution >= 0.6 is 0 Å². The van der Waals surface area contributed by atoms with Crippen LogP contribution in [0.5, 0.6) is 0 Å². The normalized spacial score (nSPS) is 25.7. The minimum atomic E-state index is -2.95. The Morgan fingerprint density at radius 1 is 1.53 bits per heavy atom. The highest BCUT2D eigenvalue weighted by Crippen LogP contribution is 2.19. The van der Waals surface area contributed by atoms with Gasteiger partial charge >= 0.3 is 5.97 Å². The molecule has 2 N–H and O–H groups in total. The number of likely N-dealkylation sites (N-methyl/N-ethyl adjacent to an activating group) is 1. The fourth-order valence-corrected chi connectivity index (χ4v) is 4.37. The Hall–Kier alpha value is -0.660. The van der Waals surface area contributed by atoms with Crippen molar-refractivity contribution in [2.45, 2.75) is 44.8 Å². The number of rotatable bonds is 6. The molecular weight excluding hydrogens is 268 g/mol. The van der Waals surface area contributed by atoms with E-state index in [0.717, 1.165) is 0 Å². The zero-order chi connectivity index (χ0) is 14.8. The highest BCUT2D eigenvalue weighted by molar-refractivity contribution is 7.91. The maximum absolute atomic E-state index is 11.5. The summed E-state index contributed by atoms with van der Waals surface area (Å²) in [5, 5.41) is 12.4. The van der Waals surface area contributed by atoms with E-state index in [4.69, 9.17) is 0 Å². The summed E-state index contributed by atoms with van der Waals surface area (Å²) in [5.74, 6) is -0.599. The maximum Gasteiger partial charge on any atom is 0.324 e. The molecule has 112 valence electrons. The second-order valence-corrected chi connectivity index (χ2v) is 8.14. The molecule has 0 aliphatic carbocycles. The number of carbonyl (C=O) groups is 1. The third-order valence-electron chi connectivity index (χ3n) is 3.48. The van der Waals surface area contributed by atoms with Gasteiger partial charge in [0, 0.05) is 18.6 Å². The van der Waals surface area contributed by atoms with Gasteiger partial charge in [0.15, 0.2) is 9.84 Å². The van der Waals surface area contributed by atoms with Crippen LogP contribution < -0.4 is 5.32 Å². The van der Waals surface area contributed by atoms with E-state index in [1.807, 2.05) is 18.7 Å². The second kappa shape index (κ2) is 5.76. The summed E-state index contributed by atoms with van der Waals surface area (Å²) < 4.78 is 22.9. The molecule has 1 saturated heterocycles. The van der Waals surface area contributed by atoms with Crippen LogP contribution in [0.15, 0.2) is 0 Å². The number of carboxylic acids is 1. The highest BCUT2D eigenvalue weighted by Gasteiger charge is 2.38. The van der Waals surface area contributed by atoms with E-state index < -0.39 is 21.3 Å². The summed E-state index contributed by atoms with van der Waals surface area (Å²) in [6, 6.07) is -0.0422.